The number of halogens is 1. The van der Waals surface area contributed by atoms with E-state index in [1.165, 1.54) is 18.2 Å². The Labute approximate surface area is 120 Å². The number of hydrogen-bond donors (Lipinski definition) is 3. The van der Waals surface area contributed by atoms with Gasteiger partial charge in [0.15, 0.2) is 0 Å². The molecule has 106 valence electrons. The first-order valence-corrected chi connectivity index (χ1v) is 7.79. The lowest BCUT2D eigenvalue weighted by atomic mass is 10.2. The van der Waals surface area contributed by atoms with Crippen LogP contribution in [0, 0.1) is 5.92 Å². The molecule has 0 bridgehead atoms. The second-order valence-electron chi connectivity index (χ2n) is 4.35. The first-order chi connectivity index (χ1) is 8.71. The third-order valence-corrected chi connectivity index (χ3v) is 3.83. The largest absolute Gasteiger partial charge is 0.478 e. The van der Waals surface area contributed by atoms with Gasteiger partial charge in [-0.2, -0.15) is 13.1 Å². The standard InChI is InChI=1S/C11H15BrN2O4S/c1-7(2)6-13-19(17,18)14-10-4-3-8(11(15)16)5-9(10)12/h3-5,7,13-14H,6H2,1-2H3,(H,15,16). The summed E-state index contributed by atoms with van der Waals surface area (Å²) in [5.74, 6) is -0.887. The van der Waals surface area contributed by atoms with Gasteiger partial charge in [0.2, 0.25) is 0 Å². The van der Waals surface area contributed by atoms with Gasteiger partial charge in [-0.15, -0.1) is 0 Å². The molecule has 0 atom stereocenters. The molecule has 0 fully saturated rings. The first-order valence-electron chi connectivity index (χ1n) is 5.51. The summed E-state index contributed by atoms with van der Waals surface area (Å²) in [4.78, 5) is 10.8. The minimum Gasteiger partial charge on any atom is -0.478 e. The molecule has 1 aromatic rings. The molecule has 3 N–H and O–H groups in total. The molecule has 0 radical (unpaired) electrons. The van der Waals surface area contributed by atoms with E-state index in [-0.39, 0.29) is 17.2 Å². The maximum Gasteiger partial charge on any atom is 0.335 e. The second kappa shape index (κ2) is 6.36. The fraction of sp³-hybridized carbons (Fsp3) is 0.364. The Hall–Kier alpha value is -1.12. The van der Waals surface area contributed by atoms with Crippen molar-refractivity contribution >= 4 is 37.8 Å². The van der Waals surface area contributed by atoms with Crippen LogP contribution < -0.4 is 9.44 Å². The number of benzene rings is 1. The molecule has 1 rings (SSSR count). The van der Waals surface area contributed by atoms with Gasteiger partial charge in [0, 0.05) is 11.0 Å². The Kier molecular flexibility index (Phi) is 5.33. The SMILES string of the molecule is CC(C)CNS(=O)(=O)Nc1ccc(C(=O)O)cc1Br. The number of nitrogens with one attached hydrogen (secondary N) is 2. The number of carboxylic acids is 1. The zero-order chi connectivity index (χ0) is 14.6. The van der Waals surface area contributed by atoms with Crippen molar-refractivity contribution in [1.29, 1.82) is 0 Å². The van der Waals surface area contributed by atoms with Crippen molar-refractivity contribution in [2.75, 3.05) is 11.3 Å². The fourth-order valence-electron chi connectivity index (χ4n) is 1.19. The van der Waals surface area contributed by atoms with E-state index < -0.39 is 16.2 Å². The summed E-state index contributed by atoms with van der Waals surface area (Å²) >= 11 is 3.13. The molecule has 19 heavy (non-hydrogen) atoms. The van der Waals surface area contributed by atoms with E-state index in [0.717, 1.165) is 0 Å². The minimum atomic E-state index is -3.66. The van der Waals surface area contributed by atoms with Gasteiger partial charge >= 0.3 is 5.97 Å². The molecule has 0 unspecified atom stereocenters. The van der Waals surface area contributed by atoms with E-state index in [1.807, 2.05) is 13.8 Å². The summed E-state index contributed by atoms with van der Waals surface area (Å²) in [6.45, 7) is 4.10. The third-order valence-electron chi connectivity index (χ3n) is 2.14. The zero-order valence-corrected chi connectivity index (χ0v) is 12.9. The Balaban J connectivity index is 2.85. The highest BCUT2D eigenvalue weighted by atomic mass is 79.9. The molecule has 8 heteroatoms. The molecule has 1 aromatic carbocycles. The van der Waals surface area contributed by atoms with Crippen molar-refractivity contribution in [2.45, 2.75) is 13.8 Å². The van der Waals surface area contributed by atoms with Gasteiger partial charge < -0.3 is 5.11 Å². The van der Waals surface area contributed by atoms with Gasteiger partial charge in [-0.05, 0) is 40.0 Å². The normalized spacial score (nSPS) is 11.6. The van der Waals surface area contributed by atoms with Crippen LogP contribution in [-0.4, -0.2) is 26.0 Å². The lowest BCUT2D eigenvalue weighted by molar-refractivity contribution is 0.0697. The number of aromatic carboxylic acids is 1. The maximum atomic E-state index is 11.7. The lowest BCUT2D eigenvalue weighted by Crippen LogP contribution is -2.33. The van der Waals surface area contributed by atoms with E-state index in [0.29, 0.717) is 11.0 Å². The minimum absolute atomic E-state index is 0.0740. The van der Waals surface area contributed by atoms with Crippen LogP contribution in [0.15, 0.2) is 22.7 Å². The lowest BCUT2D eigenvalue weighted by Gasteiger charge is -2.12. The summed E-state index contributed by atoms with van der Waals surface area (Å²) < 4.78 is 28.5. The smallest absolute Gasteiger partial charge is 0.335 e. The maximum absolute atomic E-state index is 11.7. The van der Waals surface area contributed by atoms with Crippen LogP contribution in [0.3, 0.4) is 0 Å². The van der Waals surface area contributed by atoms with Crippen molar-refractivity contribution < 1.29 is 18.3 Å². The van der Waals surface area contributed by atoms with Gasteiger partial charge in [-0.25, -0.2) is 4.79 Å². The second-order valence-corrected chi connectivity index (χ2v) is 6.70. The Bertz CT molecular complexity index is 572. The number of rotatable bonds is 6. The molecule has 0 spiro atoms. The predicted octanol–water partition coefficient (Wildman–Crippen LogP) is 2.05. The van der Waals surface area contributed by atoms with Crippen molar-refractivity contribution in [3.05, 3.63) is 28.2 Å². The topological polar surface area (TPSA) is 95.5 Å². The van der Waals surface area contributed by atoms with Crippen molar-refractivity contribution in [3.63, 3.8) is 0 Å². The zero-order valence-electron chi connectivity index (χ0n) is 10.5. The third kappa shape index (κ3) is 5.17. The van der Waals surface area contributed by atoms with Crippen molar-refractivity contribution in [1.82, 2.24) is 4.72 Å². The van der Waals surface area contributed by atoms with Gasteiger partial charge in [0.25, 0.3) is 10.2 Å². The van der Waals surface area contributed by atoms with E-state index in [2.05, 4.69) is 25.4 Å². The number of carbonyl (C=O) groups is 1. The van der Waals surface area contributed by atoms with Crippen LogP contribution in [0.5, 0.6) is 0 Å². The molecular weight excluding hydrogens is 336 g/mol. The average molecular weight is 351 g/mol. The van der Waals surface area contributed by atoms with Gasteiger partial charge in [-0.1, -0.05) is 13.8 Å². The van der Waals surface area contributed by atoms with E-state index in [4.69, 9.17) is 5.11 Å². The molecule has 0 amide bonds. The summed E-state index contributed by atoms with van der Waals surface area (Å²) in [7, 11) is -3.66. The highest BCUT2D eigenvalue weighted by molar-refractivity contribution is 9.10. The molecular formula is C11H15BrN2O4S. The van der Waals surface area contributed by atoms with Crippen LogP contribution in [0.25, 0.3) is 0 Å². The summed E-state index contributed by atoms with van der Waals surface area (Å²) in [6, 6.07) is 4.05. The van der Waals surface area contributed by atoms with Crippen LogP contribution in [-0.2, 0) is 10.2 Å². The highest BCUT2D eigenvalue weighted by Crippen LogP contribution is 2.24. The van der Waals surface area contributed by atoms with Crippen molar-refractivity contribution in [2.24, 2.45) is 5.92 Å². The monoisotopic (exact) mass is 350 g/mol. The molecule has 0 saturated heterocycles. The molecule has 0 saturated carbocycles. The first kappa shape index (κ1) is 15.9. The van der Waals surface area contributed by atoms with E-state index in [9.17, 15) is 13.2 Å². The number of carboxylic acid groups (broad SMARTS) is 1. The van der Waals surface area contributed by atoms with Crippen LogP contribution >= 0.6 is 15.9 Å². The van der Waals surface area contributed by atoms with Gasteiger partial charge in [0.05, 0.1) is 11.3 Å². The van der Waals surface area contributed by atoms with Crippen LogP contribution in [0.2, 0.25) is 0 Å². The molecule has 0 heterocycles. The summed E-state index contributed by atoms with van der Waals surface area (Å²) in [6.07, 6.45) is 0. The van der Waals surface area contributed by atoms with E-state index in [1.54, 1.807) is 0 Å². The Morgan fingerprint density at radius 1 is 1.42 bits per heavy atom. The number of anilines is 1. The van der Waals surface area contributed by atoms with Gasteiger partial charge in [0.1, 0.15) is 0 Å². The van der Waals surface area contributed by atoms with Crippen LogP contribution in [0.1, 0.15) is 24.2 Å². The van der Waals surface area contributed by atoms with Crippen molar-refractivity contribution in [3.8, 4) is 0 Å². The molecule has 0 aliphatic rings. The Morgan fingerprint density at radius 2 is 2.05 bits per heavy atom. The predicted molar refractivity (Wildman–Crippen MR) is 76.5 cm³/mol. The quantitative estimate of drug-likeness (QED) is 0.731. The Morgan fingerprint density at radius 3 is 2.53 bits per heavy atom. The summed E-state index contributed by atoms with van der Waals surface area (Å²) in [5, 5.41) is 8.81. The number of hydrogen-bond acceptors (Lipinski definition) is 3. The average Bonchev–Trinajstić information content (AvgIpc) is 2.29. The molecule has 0 aromatic heterocycles. The van der Waals surface area contributed by atoms with E-state index >= 15 is 0 Å². The summed E-state index contributed by atoms with van der Waals surface area (Å²) in [5.41, 5.74) is 0.353. The molecule has 0 aliphatic heterocycles. The fourth-order valence-corrected chi connectivity index (χ4v) is 2.89. The van der Waals surface area contributed by atoms with Gasteiger partial charge in [-0.3, -0.25) is 4.72 Å². The van der Waals surface area contributed by atoms with Crippen LogP contribution in [0.4, 0.5) is 5.69 Å². The highest BCUT2D eigenvalue weighted by Gasteiger charge is 2.13. The molecule has 0 aliphatic carbocycles. The molecule has 6 nitrogen and oxygen atoms in total.